The largest absolute Gasteiger partial charge is 0.384 e. The molecule has 0 aromatic carbocycles. The standard InChI is InChI=1S/C11H15ClN4O/c1-16(7-3-5-17-6-7)11-9(12)8(10(13)14)2-4-15-11/h2,4,7H,3,5-6H2,1H3,(H3,13,14). The van der Waals surface area contributed by atoms with Crippen LogP contribution in [0.1, 0.15) is 12.0 Å². The molecule has 1 aromatic rings. The van der Waals surface area contributed by atoms with Gasteiger partial charge < -0.3 is 15.4 Å². The quantitative estimate of drug-likeness (QED) is 0.629. The van der Waals surface area contributed by atoms with Crippen LogP contribution in [0, 0.1) is 5.41 Å². The molecule has 92 valence electrons. The Morgan fingerprint density at radius 3 is 3.06 bits per heavy atom. The van der Waals surface area contributed by atoms with Gasteiger partial charge in [0.15, 0.2) is 0 Å². The van der Waals surface area contributed by atoms with Gasteiger partial charge >= 0.3 is 0 Å². The van der Waals surface area contributed by atoms with Gasteiger partial charge in [-0.25, -0.2) is 4.98 Å². The topological polar surface area (TPSA) is 75.2 Å². The maximum absolute atomic E-state index is 7.45. The monoisotopic (exact) mass is 254 g/mol. The number of nitrogens with zero attached hydrogens (tertiary/aromatic N) is 2. The minimum Gasteiger partial charge on any atom is -0.384 e. The molecule has 3 N–H and O–H groups in total. The number of pyridine rings is 1. The number of nitrogens with two attached hydrogens (primary N) is 1. The second-order valence-corrected chi connectivity index (χ2v) is 4.42. The van der Waals surface area contributed by atoms with E-state index in [1.165, 1.54) is 0 Å². The highest BCUT2D eigenvalue weighted by Crippen LogP contribution is 2.28. The van der Waals surface area contributed by atoms with Crippen molar-refractivity contribution >= 4 is 23.3 Å². The lowest BCUT2D eigenvalue weighted by Gasteiger charge is -2.25. The molecule has 0 saturated carbocycles. The first-order valence-corrected chi connectivity index (χ1v) is 5.78. The summed E-state index contributed by atoms with van der Waals surface area (Å²) < 4.78 is 5.34. The molecule has 1 aliphatic rings. The van der Waals surface area contributed by atoms with Gasteiger partial charge in [-0.05, 0) is 12.5 Å². The second kappa shape index (κ2) is 4.89. The summed E-state index contributed by atoms with van der Waals surface area (Å²) in [5.74, 6) is 0.601. The molecule has 6 heteroatoms. The fraction of sp³-hybridized carbons (Fsp3) is 0.455. The molecule has 5 nitrogen and oxygen atoms in total. The minimum atomic E-state index is -0.0466. The molecule has 1 aliphatic heterocycles. The molecule has 0 amide bonds. The van der Waals surface area contributed by atoms with E-state index < -0.39 is 0 Å². The van der Waals surface area contributed by atoms with Crippen LogP contribution in [0.15, 0.2) is 12.3 Å². The normalized spacial score (nSPS) is 19.3. The summed E-state index contributed by atoms with van der Waals surface area (Å²) in [7, 11) is 1.93. The van der Waals surface area contributed by atoms with Gasteiger partial charge in [0.1, 0.15) is 11.7 Å². The van der Waals surface area contributed by atoms with Crippen LogP contribution in [0.2, 0.25) is 5.02 Å². The molecule has 1 atom stereocenters. The van der Waals surface area contributed by atoms with E-state index in [2.05, 4.69) is 4.98 Å². The number of hydrogen-bond acceptors (Lipinski definition) is 4. The van der Waals surface area contributed by atoms with E-state index in [0.717, 1.165) is 13.0 Å². The first-order valence-electron chi connectivity index (χ1n) is 5.40. The Hall–Kier alpha value is -1.33. The van der Waals surface area contributed by atoms with E-state index in [1.807, 2.05) is 11.9 Å². The molecule has 17 heavy (non-hydrogen) atoms. The highest BCUT2D eigenvalue weighted by Gasteiger charge is 2.24. The van der Waals surface area contributed by atoms with Gasteiger partial charge in [-0.3, -0.25) is 5.41 Å². The average Bonchev–Trinajstić information content (AvgIpc) is 2.81. The fourth-order valence-corrected chi connectivity index (χ4v) is 2.23. The van der Waals surface area contributed by atoms with Gasteiger partial charge in [0.25, 0.3) is 0 Å². The molecule has 1 saturated heterocycles. The summed E-state index contributed by atoms with van der Waals surface area (Å²) >= 11 is 6.21. The van der Waals surface area contributed by atoms with Crippen molar-refractivity contribution in [2.45, 2.75) is 12.5 Å². The van der Waals surface area contributed by atoms with E-state index in [1.54, 1.807) is 12.3 Å². The Labute approximate surface area is 105 Å². The number of rotatable bonds is 3. The van der Waals surface area contributed by atoms with Crippen molar-refractivity contribution in [1.29, 1.82) is 5.41 Å². The number of ether oxygens (including phenoxy) is 1. The van der Waals surface area contributed by atoms with Crippen molar-refractivity contribution in [3.8, 4) is 0 Å². The third-order valence-corrected chi connectivity index (χ3v) is 3.32. The van der Waals surface area contributed by atoms with Crippen LogP contribution in [-0.2, 0) is 4.74 Å². The second-order valence-electron chi connectivity index (χ2n) is 4.04. The van der Waals surface area contributed by atoms with E-state index in [4.69, 9.17) is 27.5 Å². The van der Waals surface area contributed by atoms with Crippen LogP contribution < -0.4 is 10.6 Å². The number of aromatic nitrogens is 1. The molecule has 0 bridgehead atoms. The first-order chi connectivity index (χ1) is 8.11. The highest BCUT2D eigenvalue weighted by atomic mass is 35.5. The minimum absolute atomic E-state index is 0.0466. The maximum atomic E-state index is 7.45. The Morgan fingerprint density at radius 1 is 1.71 bits per heavy atom. The van der Waals surface area contributed by atoms with E-state index in [9.17, 15) is 0 Å². The van der Waals surface area contributed by atoms with Crippen LogP contribution >= 0.6 is 11.6 Å². The molecule has 1 fully saturated rings. The van der Waals surface area contributed by atoms with Gasteiger partial charge in [0.05, 0.1) is 17.7 Å². The van der Waals surface area contributed by atoms with Crippen molar-refractivity contribution in [3.05, 3.63) is 22.8 Å². The number of nitrogens with one attached hydrogen (secondary N) is 1. The smallest absolute Gasteiger partial charge is 0.148 e. The summed E-state index contributed by atoms with van der Waals surface area (Å²) in [4.78, 5) is 6.24. The molecule has 0 aliphatic carbocycles. The molecule has 2 heterocycles. The van der Waals surface area contributed by atoms with Gasteiger partial charge in [-0.2, -0.15) is 0 Å². The number of halogens is 1. The lowest BCUT2D eigenvalue weighted by atomic mass is 10.2. The molecule has 0 radical (unpaired) electrons. The summed E-state index contributed by atoms with van der Waals surface area (Å²) in [5, 5.41) is 7.87. The average molecular weight is 255 g/mol. The van der Waals surface area contributed by atoms with Gasteiger partial charge in [-0.1, -0.05) is 11.6 Å². The van der Waals surface area contributed by atoms with Crippen molar-refractivity contribution in [2.24, 2.45) is 5.73 Å². The third-order valence-electron chi connectivity index (χ3n) is 2.95. The Bertz CT molecular complexity index is 431. The SMILES string of the molecule is CN(c1nccc(C(=N)N)c1Cl)C1CCOC1. The first kappa shape index (κ1) is 12.1. The molecule has 2 rings (SSSR count). The van der Waals surface area contributed by atoms with E-state index in [0.29, 0.717) is 23.0 Å². The lowest BCUT2D eigenvalue weighted by molar-refractivity contribution is 0.193. The lowest BCUT2D eigenvalue weighted by Crippen LogP contribution is -2.33. The van der Waals surface area contributed by atoms with Crippen LogP contribution in [0.25, 0.3) is 0 Å². The predicted octanol–water partition coefficient (Wildman–Crippen LogP) is 1.24. The number of likely N-dealkylation sites (N-methyl/N-ethyl adjacent to an activating group) is 1. The molecule has 1 aromatic heterocycles. The summed E-state index contributed by atoms with van der Waals surface area (Å²) in [6.07, 6.45) is 2.57. The molecular weight excluding hydrogens is 240 g/mol. The van der Waals surface area contributed by atoms with Crippen molar-refractivity contribution in [3.63, 3.8) is 0 Å². The van der Waals surface area contributed by atoms with Crippen molar-refractivity contribution < 1.29 is 4.74 Å². The van der Waals surface area contributed by atoms with Crippen molar-refractivity contribution in [2.75, 3.05) is 25.2 Å². The predicted molar refractivity (Wildman–Crippen MR) is 67.9 cm³/mol. The van der Waals surface area contributed by atoms with E-state index in [-0.39, 0.29) is 11.9 Å². The number of amidine groups is 1. The number of anilines is 1. The summed E-state index contributed by atoms with van der Waals surface area (Å²) in [6.45, 7) is 1.44. The van der Waals surface area contributed by atoms with Crippen LogP contribution in [0.4, 0.5) is 5.82 Å². The van der Waals surface area contributed by atoms with Gasteiger partial charge in [-0.15, -0.1) is 0 Å². The zero-order valence-corrected chi connectivity index (χ0v) is 10.4. The van der Waals surface area contributed by atoms with Crippen molar-refractivity contribution in [1.82, 2.24) is 4.98 Å². The highest BCUT2D eigenvalue weighted by molar-refractivity contribution is 6.36. The number of nitrogen functional groups attached to an aromatic ring is 1. The summed E-state index contributed by atoms with van der Waals surface area (Å²) in [6, 6.07) is 1.93. The number of hydrogen-bond donors (Lipinski definition) is 2. The Morgan fingerprint density at radius 2 is 2.47 bits per heavy atom. The maximum Gasteiger partial charge on any atom is 0.148 e. The van der Waals surface area contributed by atoms with Gasteiger partial charge in [0.2, 0.25) is 0 Å². The fourth-order valence-electron chi connectivity index (χ4n) is 1.89. The van der Waals surface area contributed by atoms with E-state index >= 15 is 0 Å². The zero-order valence-electron chi connectivity index (χ0n) is 9.61. The van der Waals surface area contributed by atoms with Crippen LogP contribution in [0.5, 0.6) is 0 Å². The zero-order chi connectivity index (χ0) is 12.4. The molecular formula is C11H15ClN4O. The van der Waals surface area contributed by atoms with Gasteiger partial charge in [0, 0.05) is 25.4 Å². The molecule has 1 unspecified atom stereocenters. The Balaban J connectivity index is 2.31. The van der Waals surface area contributed by atoms with Crippen LogP contribution in [0.3, 0.4) is 0 Å². The summed E-state index contributed by atoms with van der Waals surface area (Å²) in [5.41, 5.74) is 5.98. The Kier molecular flexibility index (Phi) is 3.49. The third kappa shape index (κ3) is 2.35. The van der Waals surface area contributed by atoms with Crippen LogP contribution in [-0.4, -0.2) is 37.1 Å². The molecule has 0 spiro atoms.